The number of benzene rings is 2. The molecule has 0 aliphatic heterocycles. The van der Waals surface area contributed by atoms with Gasteiger partial charge in [0.05, 0.1) is 21.6 Å². The monoisotopic (exact) mass is 302 g/mol. The number of nitrogens with one attached hydrogen (secondary N) is 1. The summed E-state index contributed by atoms with van der Waals surface area (Å²) in [5, 5.41) is 7.95. The molecular weight excluding hydrogens is 292 g/mol. The minimum Gasteiger partial charge on any atom is -0.487 e. The highest BCUT2D eigenvalue weighted by molar-refractivity contribution is 9.10. The van der Waals surface area contributed by atoms with Crippen molar-refractivity contribution >= 4 is 26.8 Å². The lowest BCUT2D eigenvalue weighted by atomic mass is 10.2. The van der Waals surface area contributed by atoms with Crippen LogP contribution in [0.15, 0.2) is 53.1 Å². The van der Waals surface area contributed by atoms with Crippen LogP contribution in [0.3, 0.4) is 0 Å². The topological polar surface area (TPSA) is 37.9 Å². The lowest BCUT2D eigenvalue weighted by Crippen LogP contribution is -1.96. The van der Waals surface area contributed by atoms with Gasteiger partial charge in [0.1, 0.15) is 12.4 Å². The van der Waals surface area contributed by atoms with E-state index in [0.29, 0.717) is 6.61 Å². The molecule has 0 fully saturated rings. The van der Waals surface area contributed by atoms with Gasteiger partial charge < -0.3 is 4.74 Å². The molecule has 2 aromatic carbocycles. The molecule has 0 aliphatic carbocycles. The summed E-state index contributed by atoms with van der Waals surface area (Å²) in [5.74, 6) is 0.824. The molecule has 3 nitrogen and oxygen atoms in total. The van der Waals surface area contributed by atoms with Crippen molar-refractivity contribution in [1.29, 1.82) is 0 Å². The van der Waals surface area contributed by atoms with Crippen LogP contribution in [0.25, 0.3) is 10.9 Å². The van der Waals surface area contributed by atoms with Crippen LogP contribution in [0.4, 0.5) is 0 Å². The second-order valence-corrected chi connectivity index (χ2v) is 4.84. The Balaban J connectivity index is 1.90. The van der Waals surface area contributed by atoms with Crippen molar-refractivity contribution in [1.82, 2.24) is 10.2 Å². The van der Waals surface area contributed by atoms with Crippen molar-refractivity contribution in [3.05, 3.63) is 58.7 Å². The maximum atomic E-state index is 5.89. The Morgan fingerprint density at radius 2 is 1.94 bits per heavy atom. The zero-order chi connectivity index (χ0) is 12.4. The van der Waals surface area contributed by atoms with E-state index in [9.17, 15) is 0 Å². The van der Waals surface area contributed by atoms with Gasteiger partial charge in [0.25, 0.3) is 0 Å². The molecule has 0 radical (unpaired) electrons. The minimum atomic E-state index is 0.545. The van der Waals surface area contributed by atoms with E-state index in [2.05, 4.69) is 26.1 Å². The van der Waals surface area contributed by atoms with Gasteiger partial charge in [-0.3, -0.25) is 5.10 Å². The molecule has 0 bridgehead atoms. The molecule has 1 heterocycles. The number of ether oxygens (including phenoxy) is 1. The molecular formula is C14H11BrN2O. The number of aromatic amines is 1. The summed E-state index contributed by atoms with van der Waals surface area (Å²) in [6.07, 6.45) is 1.78. The van der Waals surface area contributed by atoms with Crippen molar-refractivity contribution in [2.24, 2.45) is 0 Å². The molecule has 0 saturated carbocycles. The Kier molecular flexibility index (Phi) is 3.02. The number of aromatic nitrogens is 2. The zero-order valence-corrected chi connectivity index (χ0v) is 11.1. The van der Waals surface area contributed by atoms with E-state index >= 15 is 0 Å². The van der Waals surface area contributed by atoms with Gasteiger partial charge in [0, 0.05) is 0 Å². The van der Waals surface area contributed by atoms with Crippen LogP contribution < -0.4 is 4.74 Å². The summed E-state index contributed by atoms with van der Waals surface area (Å²) in [6.45, 7) is 0.545. The molecule has 0 aliphatic rings. The van der Waals surface area contributed by atoms with Gasteiger partial charge in [-0.25, -0.2) is 0 Å². The van der Waals surface area contributed by atoms with Gasteiger partial charge in [-0.05, 0) is 33.6 Å². The molecule has 4 heteroatoms. The van der Waals surface area contributed by atoms with Crippen LogP contribution in [-0.4, -0.2) is 10.2 Å². The van der Waals surface area contributed by atoms with Crippen LogP contribution in [0.2, 0.25) is 0 Å². The maximum absolute atomic E-state index is 5.89. The standard InChI is InChI=1S/C14H11BrN2O/c15-12-6-7-13-11(8-16-17-13)14(12)18-9-10-4-2-1-3-5-10/h1-8H,9H2,(H,16,17). The molecule has 18 heavy (non-hydrogen) atoms. The second kappa shape index (κ2) is 4.82. The number of H-pyrrole nitrogens is 1. The van der Waals surface area contributed by atoms with E-state index in [1.54, 1.807) is 6.20 Å². The van der Waals surface area contributed by atoms with Crippen molar-refractivity contribution < 1.29 is 4.74 Å². The smallest absolute Gasteiger partial charge is 0.144 e. The molecule has 0 unspecified atom stereocenters. The van der Waals surface area contributed by atoms with Gasteiger partial charge in [-0.2, -0.15) is 5.10 Å². The molecule has 0 saturated heterocycles. The van der Waals surface area contributed by atoms with Crippen molar-refractivity contribution in [2.45, 2.75) is 6.61 Å². The number of rotatable bonds is 3. The summed E-state index contributed by atoms with van der Waals surface area (Å²) >= 11 is 3.51. The third kappa shape index (κ3) is 2.11. The Labute approximate surface area is 113 Å². The van der Waals surface area contributed by atoms with E-state index in [0.717, 1.165) is 26.7 Å². The molecule has 3 aromatic rings. The summed E-state index contributed by atoms with van der Waals surface area (Å²) in [6, 6.07) is 14.0. The fourth-order valence-electron chi connectivity index (χ4n) is 1.84. The molecule has 1 aromatic heterocycles. The van der Waals surface area contributed by atoms with Crippen molar-refractivity contribution in [2.75, 3.05) is 0 Å². The number of halogens is 1. The quantitative estimate of drug-likeness (QED) is 0.796. The lowest BCUT2D eigenvalue weighted by molar-refractivity contribution is 0.308. The Morgan fingerprint density at radius 1 is 1.11 bits per heavy atom. The predicted molar refractivity (Wildman–Crippen MR) is 74.6 cm³/mol. The van der Waals surface area contributed by atoms with Gasteiger partial charge in [-0.15, -0.1) is 0 Å². The fraction of sp³-hybridized carbons (Fsp3) is 0.0714. The van der Waals surface area contributed by atoms with Gasteiger partial charge >= 0.3 is 0 Å². The summed E-state index contributed by atoms with van der Waals surface area (Å²) < 4.78 is 6.82. The average Bonchev–Trinajstić information content (AvgIpc) is 2.87. The second-order valence-electron chi connectivity index (χ2n) is 3.98. The van der Waals surface area contributed by atoms with Gasteiger partial charge in [-0.1, -0.05) is 30.3 Å². The zero-order valence-electron chi connectivity index (χ0n) is 9.56. The van der Waals surface area contributed by atoms with Crippen LogP contribution in [0.5, 0.6) is 5.75 Å². The van der Waals surface area contributed by atoms with Crippen LogP contribution >= 0.6 is 15.9 Å². The SMILES string of the molecule is Brc1ccc2[nH]ncc2c1OCc1ccccc1. The largest absolute Gasteiger partial charge is 0.487 e. The number of hydrogen-bond acceptors (Lipinski definition) is 2. The van der Waals surface area contributed by atoms with E-state index in [4.69, 9.17) is 4.74 Å². The number of nitrogens with zero attached hydrogens (tertiary/aromatic N) is 1. The molecule has 1 N–H and O–H groups in total. The Bertz CT molecular complexity index is 664. The van der Waals surface area contributed by atoms with Gasteiger partial charge in [0.2, 0.25) is 0 Å². The van der Waals surface area contributed by atoms with Crippen molar-refractivity contribution in [3.63, 3.8) is 0 Å². The van der Waals surface area contributed by atoms with Crippen LogP contribution in [0.1, 0.15) is 5.56 Å². The lowest BCUT2D eigenvalue weighted by Gasteiger charge is -2.09. The van der Waals surface area contributed by atoms with E-state index < -0.39 is 0 Å². The van der Waals surface area contributed by atoms with Gasteiger partial charge in [0.15, 0.2) is 0 Å². The normalized spacial score (nSPS) is 10.7. The number of fused-ring (bicyclic) bond motifs is 1. The molecule has 90 valence electrons. The first-order valence-electron chi connectivity index (χ1n) is 5.63. The van der Waals surface area contributed by atoms with E-state index in [-0.39, 0.29) is 0 Å². The Hall–Kier alpha value is -1.81. The maximum Gasteiger partial charge on any atom is 0.144 e. The summed E-state index contributed by atoms with van der Waals surface area (Å²) in [7, 11) is 0. The van der Waals surface area contributed by atoms with E-state index in [1.165, 1.54) is 0 Å². The average molecular weight is 303 g/mol. The first-order chi connectivity index (χ1) is 8.84. The fourth-order valence-corrected chi connectivity index (χ4v) is 2.30. The summed E-state index contributed by atoms with van der Waals surface area (Å²) in [5.41, 5.74) is 2.12. The third-order valence-corrected chi connectivity index (χ3v) is 3.38. The van der Waals surface area contributed by atoms with Crippen LogP contribution in [-0.2, 0) is 6.61 Å². The molecule has 0 spiro atoms. The first-order valence-corrected chi connectivity index (χ1v) is 6.42. The molecule has 0 amide bonds. The van der Waals surface area contributed by atoms with Crippen molar-refractivity contribution in [3.8, 4) is 5.75 Å². The predicted octanol–water partition coefficient (Wildman–Crippen LogP) is 3.90. The summed E-state index contributed by atoms with van der Waals surface area (Å²) in [4.78, 5) is 0. The number of hydrogen-bond donors (Lipinski definition) is 1. The minimum absolute atomic E-state index is 0.545. The van der Waals surface area contributed by atoms with E-state index in [1.807, 2.05) is 42.5 Å². The van der Waals surface area contributed by atoms with Crippen LogP contribution in [0, 0.1) is 0 Å². The first kappa shape index (κ1) is 11.3. The molecule has 0 atom stereocenters. The highest BCUT2D eigenvalue weighted by Gasteiger charge is 2.08. The highest BCUT2D eigenvalue weighted by atomic mass is 79.9. The highest BCUT2D eigenvalue weighted by Crippen LogP contribution is 2.33. The third-order valence-electron chi connectivity index (χ3n) is 2.75. The molecule has 3 rings (SSSR count). The Morgan fingerprint density at radius 3 is 2.78 bits per heavy atom.